The highest BCUT2D eigenvalue weighted by Crippen LogP contribution is 2.15. The number of pyridine rings is 1. The molecule has 0 aliphatic heterocycles. The maximum atomic E-state index is 12.8. The molecule has 5 nitrogen and oxygen atoms in total. The van der Waals surface area contributed by atoms with E-state index in [1.807, 2.05) is 13.0 Å². The van der Waals surface area contributed by atoms with Gasteiger partial charge in [0.2, 0.25) is 0 Å². The molecule has 0 unspecified atom stereocenters. The van der Waals surface area contributed by atoms with E-state index in [0.29, 0.717) is 24.3 Å². The van der Waals surface area contributed by atoms with Gasteiger partial charge >= 0.3 is 0 Å². The van der Waals surface area contributed by atoms with Crippen LogP contribution in [0.15, 0.2) is 36.5 Å². The molecule has 0 bridgehead atoms. The van der Waals surface area contributed by atoms with E-state index in [4.69, 9.17) is 0 Å². The summed E-state index contributed by atoms with van der Waals surface area (Å²) in [4.78, 5) is 4.28. The molecule has 0 saturated carbocycles. The van der Waals surface area contributed by atoms with Gasteiger partial charge in [-0.2, -0.15) is 5.10 Å². The van der Waals surface area contributed by atoms with Crippen molar-refractivity contribution in [2.75, 3.05) is 6.54 Å². The van der Waals surface area contributed by atoms with Gasteiger partial charge in [0.05, 0.1) is 6.10 Å². The van der Waals surface area contributed by atoms with E-state index < -0.39 is 6.10 Å². The summed E-state index contributed by atoms with van der Waals surface area (Å²) in [5, 5.41) is 21.2. The van der Waals surface area contributed by atoms with E-state index in [1.54, 1.807) is 18.3 Å². The lowest BCUT2D eigenvalue weighted by molar-refractivity contribution is 0.174. The highest BCUT2D eigenvalue weighted by Gasteiger charge is 2.08. The van der Waals surface area contributed by atoms with Crippen LogP contribution < -0.4 is 5.32 Å². The monoisotopic (exact) mass is 300 g/mol. The molecule has 2 heterocycles. The summed E-state index contributed by atoms with van der Waals surface area (Å²) >= 11 is 0. The zero-order valence-electron chi connectivity index (χ0n) is 12.2. The molecule has 0 amide bonds. The minimum absolute atomic E-state index is 0.307. The van der Waals surface area contributed by atoms with Gasteiger partial charge in [0.15, 0.2) is 5.65 Å². The third-order valence-electron chi connectivity index (χ3n) is 3.58. The SMILES string of the molecule is Cc1[nH]nc2ncc(CNC[C@H](O)c3ccc(F)cc3)cc12. The second-order valence-corrected chi connectivity index (χ2v) is 5.26. The zero-order valence-corrected chi connectivity index (χ0v) is 12.2. The molecule has 2 aromatic heterocycles. The van der Waals surface area contributed by atoms with Crippen LogP contribution in [0.2, 0.25) is 0 Å². The lowest BCUT2D eigenvalue weighted by Crippen LogP contribution is -2.21. The van der Waals surface area contributed by atoms with E-state index in [1.165, 1.54) is 12.1 Å². The molecule has 114 valence electrons. The number of aryl methyl sites for hydroxylation is 1. The van der Waals surface area contributed by atoms with Crippen LogP contribution in [0.25, 0.3) is 11.0 Å². The number of benzene rings is 1. The van der Waals surface area contributed by atoms with E-state index in [2.05, 4.69) is 20.5 Å². The summed E-state index contributed by atoms with van der Waals surface area (Å²) in [6.45, 7) is 2.92. The van der Waals surface area contributed by atoms with Crippen LogP contribution in [-0.2, 0) is 6.54 Å². The molecule has 3 N–H and O–H groups in total. The first-order valence-electron chi connectivity index (χ1n) is 7.07. The molecule has 3 rings (SSSR count). The average molecular weight is 300 g/mol. The number of aliphatic hydroxyl groups excluding tert-OH is 1. The Morgan fingerprint density at radius 2 is 2.09 bits per heavy atom. The van der Waals surface area contributed by atoms with Crippen LogP contribution in [0.5, 0.6) is 0 Å². The summed E-state index contributed by atoms with van der Waals surface area (Å²) < 4.78 is 12.8. The molecule has 3 aromatic rings. The summed E-state index contributed by atoms with van der Waals surface area (Å²) in [6, 6.07) is 7.89. The molecule has 1 aromatic carbocycles. The highest BCUT2D eigenvalue weighted by molar-refractivity contribution is 5.77. The maximum absolute atomic E-state index is 12.8. The van der Waals surface area contributed by atoms with Gasteiger partial charge in [-0.05, 0) is 36.2 Å². The van der Waals surface area contributed by atoms with Crippen LogP contribution >= 0.6 is 0 Å². The summed E-state index contributed by atoms with van der Waals surface area (Å²) in [5.41, 5.74) is 3.39. The average Bonchev–Trinajstić information content (AvgIpc) is 2.89. The van der Waals surface area contributed by atoms with Gasteiger partial charge in [-0.3, -0.25) is 5.10 Å². The molecule has 0 aliphatic carbocycles. The Hall–Kier alpha value is -2.31. The Kier molecular flexibility index (Phi) is 4.13. The standard InChI is InChI=1S/C16H17FN4O/c1-10-14-6-11(8-19-16(14)21-20-10)7-18-9-15(22)12-2-4-13(17)5-3-12/h2-6,8,15,18,22H,7,9H2,1H3,(H,19,20,21)/t15-/m0/s1. The minimum atomic E-state index is -0.673. The number of halogens is 1. The van der Waals surface area contributed by atoms with E-state index in [-0.39, 0.29) is 5.82 Å². The first-order chi connectivity index (χ1) is 10.6. The first kappa shape index (κ1) is 14.6. The van der Waals surface area contributed by atoms with Gasteiger partial charge in [0, 0.05) is 30.4 Å². The summed E-state index contributed by atoms with van der Waals surface area (Å²) in [6.07, 6.45) is 1.09. The Morgan fingerprint density at radius 1 is 1.32 bits per heavy atom. The van der Waals surface area contributed by atoms with Gasteiger partial charge in [0.1, 0.15) is 5.82 Å². The van der Waals surface area contributed by atoms with Crippen molar-refractivity contribution in [1.82, 2.24) is 20.5 Å². The van der Waals surface area contributed by atoms with Gasteiger partial charge in [-0.15, -0.1) is 0 Å². The number of nitrogens with one attached hydrogen (secondary N) is 2. The number of hydrogen-bond donors (Lipinski definition) is 3. The fourth-order valence-corrected chi connectivity index (χ4v) is 2.32. The fourth-order valence-electron chi connectivity index (χ4n) is 2.32. The Balaban J connectivity index is 1.59. The molecule has 0 saturated heterocycles. The Morgan fingerprint density at radius 3 is 2.86 bits per heavy atom. The van der Waals surface area contributed by atoms with Gasteiger partial charge in [-0.1, -0.05) is 12.1 Å². The number of aliphatic hydroxyl groups is 1. The van der Waals surface area contributed by atoms with Crippen molar-refractivity contribution in [3.8, 4) is 0 Å². The normalized spacial score (nSPS) is 12.7. The number of fused-ring (bicyclic) bond motifs is 1. The number of H-pyrrole nitrogens is 1. The predicted molar refractivity (Wildman–Crippen MR) is 81.7 cm³/mol. The number of aromatic nitrogens is 3. The number of nitrogens with zero attached hydrogens (tertiary/aromatic N) is 2. The van der Waals surface area contributed by atoms with E-state index in [9.17, 15) is 9.50 Å². The second kappa shape index (κ2) is 6.21. The number of rotatable bonds is 5. The molecule has 0 spiro atoms. The Labute approximate surface area is 127 Å². The molecule has 0 fully saturated rings. The lowest BCUT2D eigenvalue weighted by Gasteiger charge is -2.12. The van der Waals surface area contributed by atoms with Crippen LogP contribution in [-0.4, -0.2) is 26.8 Å². The van der Waals surface area contributed by atoms with Crippen LogP contribution in [0.4, 0.5) is 4.39 Å². The second-order valence-electron chi connectivity index (χ2n) is 5.26. The summed E-state index contributed by atoms with van der Waals surface area (Å²) in [5.74, 6) is -0.307. The largest absolute Gasteiger partial charge is 0.387 e. The van der Waals surface area contributed by atoms with Crippen molar-refractivity contribution in [3.63, 3.8) is 0 Å². The molecular formula is C16H17FN4O. The minimum Gasteiger partial charge on any atom is -0.387 e. The van der Waals surface area contributed by atoms with Gasteiger partial charge < -0.3 is 10.4 Å². The zero-order chi connectivity index (χ0) is 15.5. The first-order valence-corrected chi connectivity index (χ1v) is 7.07. The van der Waals surface area contributed by atoms with Crippen molar-refractivity contribution >= 4 is 11.0 Å². The van der Waals surface area contributed by atoms with Crippen molar-refractivity contribution < 1.29 is 9.50 Å². The predicted octanol–water partition coefficient (Wildman–Crippen LogP) is 2.23. The third kappa shape index (κ3) is 3.13. The van der Waals surface area contributed by atoms with Crippen molar-refractivity contribution in [2.24, 2.45) is 0 Å². The number of aromatic amines is 1. The molecule has 0 aliphatic rings. The molecular weight excluding hydrogens is 283 g/mol. The van der Waals surface area contributed by atoms with E-state index >= 15 is 0 Å². The van der Waals surface area contributed by atoms with Crippen molar-refractivity contribution in [1.29, 1.82) is 0 Å². The van der Waals surface area contributed by atoms with Crippen molar-refractivity contribution in [3.05, 3.63) is 59.2 Å². The van der Waals surface area contributed by atoms with Crippen LogP contribution in [0.3, 0.4) is 0 Å². The maximum Gasteiger partial charge on any atom is 0.181 e. The van der Waals surface area contributed by atoms with Crippen molar-refractivity contribution in [2.45, 2.75) is 19.6 Å². The van der Waals surface area contributed by atoms with Gasteiger partial charge in [0.25, 0.3) is 0 Å². The quantitative estimate of drug-likeness (QED) is 0.675. The Bertz CT molecular complexity index is 769. The molecule has 0 radical (unpaired) electrons. The highest BCUT2D eigenvalue weighted by atomic mass is 19.1. The molecule has 6 heteroatoms. The van der Waals surface area contributed by atoms with Crippen LogP contribution in [0, 0.1) is 12.7 Å². The van der Waals surface area contributed by atoms with E-state index in [0.717, 1.165) is 16.6 Å². The molecule has 1 atom stereocenters. The summed E-state index contributed by atoms with van der Waals surface area (Å²) in [7, 11) is 0. The topological polar surface area (TPSA) is 73.8 Å². The smallest absolute Gasteiger partial charge is 0.181 e. The van der Waals surface area contributed by atoms with Crippen LogP contribution in [0.1, 0.15) is 22.9 Å². The number of hydrogen-bond acceptors (Lipinski definition) is 4. The lowest BCUT2D eigenvalue weighted by atomic mass is 10.1. The fraction of sp³-hybridized carbons (Fsp3) is 0.250. The molecule has 22 heavy (non-hydrogen) atoms. The third-order valence-corrected chi connectivity index (χ3v) is 3.58. The van der Waals surface area contributed by atoms with Gasteiger partial charge in [-0.25, -0.2) is 9.37 Å².